The smallest absolute Gasteiger partial charge is 0.261 e. The van der Waals surface area contributed by atoms with Crippen molar-refractivity contribution in [2.45, 2.75) is 67.5 Å². The lowest BCUT2D eigenvalue weighted by Gasteiger charge is -2.39. The van der Waals surface area contributed by atoms with Crippen LogP contribution in [-0.4, -0.2) is 60.5 Å². The fourth-order valence-corrected chi connectivity index (χ4v) is 11.7. The number of nitrogens with zero attached hydrogens (tertiary/aromatic N) is 5. The molecule has 11 rings (SSSR count). The average molecular weight is 894 g/mol. The fourth-order valence-electron chi connectivity index (χ4n) is 11.7. The molecule has 2 aliphatic rings. The first-order valence-electron chi connectivity index (χ1n) is 23.7. The summed E-state index contributed by atoms with van der Waals surface area (Å²) in [6, 6.07) is 36.9. The number of fused-ring (bicyclic) bond motifs is 2. The number of carbonyl (C=O) groups excluding carboxylic acids is 4. The van der Waals surface area contributed by atoms with Gasteiger partial charge in [0, 0.05) is 57.5 Å². The van der Waals surface area contributed by atoms with Crippen LogP contribution in [0.25, 0.3) is 88.1 Å². The molecule has 0 radical (unpaired) electrons. The molecule has 9 aromatic rings. The van der Waals surface area contributed by atoms with Gasteiger partial charge in [-0.25, -0.2) is 4.98 Å². The van der Waals surface area contributed by atoms with Crippen LogP contribution in [0.1, 0.15) is 96.8 Å². The van der Waals surface area contributed by atoms with E-state index in [-0.39, 0.29) is 59.4 Å². The second-order valence-electron chi connectivity index (χ2n) is 19.9. The first-order valence-corrected chi connectivity index (χ1v) is 23.7. The molecule has 0 bridgehead atoms. The third-order valence-corrected chi connectivity index (χ3v) is 14.3. The van der Waals surface area contributed by atoms with E-state index < -0.39 is 0 Å². The Morgan fingerprint density at radius 1 is 0.353 bits per heavy atom. The van der Waals surface area contributed by atoms with Crippen LogP contribution in [0.4, 0.5) is 0 Å². The zero-order valence-electron chi connectivity index (χ0n) is 39.5. The standard InChI is InChI=1S/C59H51N5O4/c1-30(2)54(31(3)4)63-56(65)40-22-19-37-38-20-23-42-52-44(59(68)64(58(42)67)55(32(5)6)33(7)8)29-43(50(53(38)52)39-21-24-41(57(63)66)51(40)49(37)39)35-17-15-34(16-18-35)36-27-47(45-13-9-11-25-60-45)62-48(28-36)46-14-10-12-26-61-46/h9-33,54-55H,1-8H3. The van der Waals surface area contributed by atoms with E-state index in [1.54, 1.807) is 12.4 Å². The average Bonchev–Trinajstić information content (AvgIpc) is 3.34. The lowest BCUT2D eigenvalue weighted by atomic mass is 9.78. The van der Waals surface area contributed by atoms with Crippen molar-refractivity contribution in [3.05, 3.63) is 150 Å². The minimum absolute atomic E-state index is 0.0260. The molecule has 4 amide bonds. The number of carbonyl (C=O) groups is 4. The van der Waals surface area contributed by atoms with E-state index in [1.807, 2.05) is 91.0 Å². The molecule has 0 atom stereocenters. The predicted octanol–water partition coefficient (Wildman–Crippen LogP) is 13.1. The van der Waals surface area contributed by atoms with E-state index in [4.69, 9.17) is 4.98 Å². The number of hydrogen-bond donors (Lipinski definition) is 0. The zero-order chi connectivity index (χ0) is 47.4. The van der Waals surface area contributed by atoms with Crippen LogP contribution in [0.5, 0.6) is 0 Å². The topological polar surface area (TPSA) is 113 Å². The van der Waals surface area contributed by atoms with Gasteiger partial charge in [0.05, 0.1) is 22.8 Å². The lowest BCUT2D eigenvalue weighted by Crippen LogP contribution is -2.51. The van der Waals surface area contributed by atoms with Crippen molar-refractivity contribution in [2.75, 3.05) is 0 Å². The van der Waals surface area contributed by atoms with Crippen LogP contribution in [0, 0.1) is 23.7 Å². The van der Waals surface area contributed by atoms with E-state index in [1.165, 1.54) is 9.80 Å². The minimum Gasteiger partial charge on any atom is -0.271 e. The van der Waals surface area contributed by atoms with Crippen molar-refractivity contribution in [3.8, 4) is 45.0 Å². The number of hydrogen-bond acceptors (Lipinski definition) is 7. The van der Waals surface area contributed by atoms with E-state index in [0.717, 1.165) is 77.3 Å². The van der Waals surface area contributed by atoms with Gasteiger partial charge in [0.2, 0.25) is 0 Å². The van der Waals surface area contributed by atoms with Crippen LogP contribution in [-0.2, 0) is 0 Å². The first-order chi connectivity index (χ1) is 32.7. The highest BCUT2D eigenvalue weighted by Gasteiger charge is 2.43. The third-order valence-electron chi connectivity index (χ3n) is 14.3. The van der Waals surface area contributed by atoms with Crippen molar-refractivity contribution in [1.82, 2.24) is 24.8 Å². The summed E-state index contributed by atoms with van der Waals surface area (Å²) in [4.78, 5) is 76.5. The Hall–Kier alpha value is -7.65. The summed E-state index contributed by atoms with van der Waals surface area (Å²) in [5, 5.41) is 6.29. The third kappa shape index (κ3) is 6.39. The molecule has 0 N–H and O–H groups in total. The number of benzene rings is 6. The monoisotopic (exact) mass is 893 g/mol. The molecule has 5 heterocycles. The largest absolute Gasteiger partial charge is 0.271 e. The Bertz CT molecular complexity index is 3470. The van der Waals surface area contributed by atoms with Gasteiger partial charge in [0.25, 0.3) is 23.6 Å². The summed E-state index contributed by atoms with van der Waals surface area (Å²) in [7, 11) is 0. The maximum Gasteiger partial charge on any atom is 0.261 e. The van der Waals surface area contributed by atoms with Gasteiger partial charge in [-0.3, -0.25) is 38.9 Å². The second-order valence-corrected chi connectivity index (χ2v) is 19.9. The van der Waals surface area contributed by atoms with Gasteiger partial charge in [-0.15, -0.1) is 0 Å². The van der Waals surface area contributed by atoms with Crippen LogP contribution in [0.2, 0.25) is 0 Å². The van der Waals surface area contributed by atoms with Crippen LogP contribution in [0.15, 0.2) is 128 Å². The van der Waals surface area contributed by atoms with Gasteiger partial charge < -0.3 is 0 Å². The molecule has 6 aromatic carbocycles. The molecule has 2 aliphatic heterocycles. The molecule has 0 saturated carbocycles. The fraction of sp³-hybridized carbons (Fsp3) is 0.237. The molecular weight excluding hydrogens is 843 g/mol. The summed E-state index contributed by atoms with van der Waals surface area (Å²) in [6.45, 7) is 16.5. The molecule has 0 aliphatic carbocycles. The van der Waals surface area contributed by atoms with Gasteiger partial charge in [0.15, 0.2) is 0 Å². The SMILES string of the molecule is CC(C)C(C(C)C)N1C(=O)c2ccc3c4ccc5c6c(cc(-c7ccc(-c8cc(-c9ccccn9)nc(-c9ccccn9)c8)cc7)c(c7ccc(c2c37)C1=O)c64)C(=O)N(C(C(C)C)C(C)C)C5=O. The number of rotatable bonds is 10. The van der Waals surface area contributed by atoms with Crippen molar-refractivity contribution in [3.63, 3.8) is 0 Å². The molecule has 9 nitrogen and oxygen atoms in total. The molecule has 0 spiro atoms. The number of aromatic nitrogens is 3. The van der Waals surface area contributed by atoms with Gasteiger partial charge in [-0.1, -0.05) is 110 Å². The van der Waals surface area contributed by atoms with Gasteiger partial charge in [-0.2, -0.15) is 0 Å². The van der Waals surface area contributed by atoms with Crippen molar-refractivity contribution in [1.29, 1.82) is 0 Å². The van der Waals surface area contributed by atoms with E-state index in [2.05, 4.69) is 89.6 Å². The van der Waals surface area contributed by atoms with Gasteiger partial charge in [-0.05, 0) is 139 Å². The Labute approximate surface area is 395 Å². The Balaban J connectivity index is 1.17. The Kier molecular flexibility index (Phi) is 10.1. The number of imide groups is 2. The van der Waals surface area contributed by atoms with E-state index >= 15 is 4.79 Å². The highest BCUT2D eigenvalue weighted by atomic mass is 16.2. The summed E-state index contributed by atoms with van der Waals surface area (Å²) >= 11 is 0. The quantitative estimate of drug-likeness (QED) is 0.0763. The van der Waals surface area contributed by atoms with Gasteiger partial charge >= 0.3 is 0 Å². The van der Waals surface area contributed by atoms with E-state index in [0.29, 0.717) is 33.0 Å². The van der Waals surface area contributed by atoms with E-state index in [9.17, 15) is 14.4 Å². The highest BCUT2D eigenvalue weighted by molar-refractivity contribution is 6.43. The molecule has 336 valence electrons. The second kappa shape index (κ2) is 16.0. The maximum atomic E-state index is 15.1. The van der Waals surface area contributed by atoms with Crippen LogP contribution >= 0.6 is 0 Å². The lowest BCUT2D eigenvalue weighted by molar-refractivity contribution is 0.0423. The summed E-state index contributed by atoms with van der Waals surface area (Å²) in [6.07, 6.45) is 3.52. The molecule has 0 saturated heterocycles. The summed E-state index contributed by atoms with van der Waals surface area (Å²) in [5.74, 6) is -1.03. The predicted molar refractivity (Wildman–Crippen MR) is 271 cm³/mol. The molecule has 9 heteroatoms. The summed E-state index contributed by atoms with van der Waals surface area (Å²) in [5.41, 5.74) is 8.42. The molecule has 68 heavy (non-hydrogen) atoms. The molecule has 0 unspecified atom stereocenters. The molecular formula is C59H51N5O4. The van der Waals surface area contributed by atoms with Crippen molar-refractivity contribution >= 4 is 66.7 Å². The normalized spacial score (nSPS) is 14.1. The first kappa shape index (κ1) is 43.0. The molecule has 0 fully saturated rings. The Morgan fingerprint density at radius 3 is 1.24 bits per heavy atom. The zero-order valence-corrected chi connectivity index (χ0v) is 39.5. The van der Waals surface area contributed by atoms with Gasteiger partial charge in [0.1, 0.15) is 0 Å². The minimum atomic E-state index is -0.321. The van der Waals surface area contributed by atoms with Crippen molar-refractivity contribution in [2.24, 2.45) is 23.7 Å². The Morgan fingerprint density at radius 2 is 0.779 bits per heavy atom. The summed E-state index contributed by atoms with van der Waals surface area (Å²) < 4.78 is 0. The van der Waals surface area contributed by atoms with Crippen LogP contribution in [0.3, 0.4) is 0 Å². The number of amides is 4. The number of pyridine rings is 3. The van der Waals surface area contributed by atoms with Crippen molar-refractivity contribution < 1.29 is 19.2 Å². The highest BCUT2D eigenvalue weighted by Crippen LogP contribution is 2.50. The maximum absolute atomic E-state index is 15.1. The molecule has 3 aromatic heterocycles. The van der Waals surface area contributed by atoms with Crippen LogP contribution < -0.4 is 0 Å².